The minimum atomic E-state index is -4.81. The first kappa shape index (κ1) is 20.0. The maximum atomic E-state index is 12.7. The molecular weight excluding hydrogens is 395 g/mol. The molecular formula is C19H17ClF3N3O2. The largest absolute Gasteiger partial charge is 0.573 e. The lowest BCUT2D eigenvalue weighted by Crippen LogP contribution is -2.41. The summed E-state index contributed by atoms with van der Waals surface area (Å²) in [5.74, 6) is -0.353. The first-order valence-corrected chi connectivity index (χ1v) is 8.80. The van der Waals surface area contributed by atoms with Crippen LogP contribution in [-0.2, 0) is 6.42 Å². The molecule has 0 bridgehead atoms. The fourth-order valence-corrected chi connectivity index (χ4v) is 3.12. The van der Waals surface area contributed by atoms with Crippen molar-refractivity contribution in [1.82, 2.24) is 10.3 Å². The van der Waals surface area contributed by atoms with Crippen LogP contribution in [0.1, 0.15) is 23.6 Å². The fourth-order valence-electron chi connectivity index (χ4n) is 3.00. The number of fused-ring (bicyclic) bond motifs is 1. The molecule has 0 fully saturated rings. The van der Waals surface area contributed by atoms with Crippen LogP contribution < -0.4 is 10.1 Å². The number of carbonyl (C=O) groups is 1. The molecule has 1 heterocycles. The Bertz CT molecular complexity index is 914. The average Bonchev–Trinajstić information content (AvgIpc) is 2.77. The van der Waals surface area contributed by atoms with E-state index < -0.39 is 12.4 Å². The predicted molar refractivity (Wildman–Crippen MR) is 99.7 cm³/mol. The van der Waals surface area contributed by atoms with E-state index >= 15 is 0 Å². The minimum absolute atomic E-state index is 0.308. The molecule has 0 radical (unpaired) electrons. The van der Waals surface area contributed by atoms with Crippen LogP contribution in [0.2, 0.25) is 5.02 Å². The Morgan fingerprint density at radius 3 is 2.54 bits per heavy atom. The van der Waals surface area contributed by atoms with E-state index in [-0.39, 0.29) is 11.8 Å². The fraction of sp³-hybridized carbons (Fsp3) is 0.263. The van der Waals surface area contributed by atoms with E-state index in [2.05, 4.69) is 15.2 Å². The molecule has 3 rings (SSSR count). The van der Waals surface area contributed by atoms with E-state index in [1.165, 1.54) is 24.2 Å². The van der Waals surface area contributed by atoms with Gasteiger partial charge in [-0.25, -0.2) is 9.80 Å². The van der Waals surface area contributed by atoms with Gasteiger partial charge in [-0.2, -0.15) is 5.10 Å². The number of rotatable bonds is 2. The average molecular weight is 412 g/mol. The van der Waals surface area contributed by atoms with Gasteiger partial charge in [0.1, 0.15) is 5.75 Å². The summed E-state index contributed by atoms with van der Waals surface area (Å²) < 4.78 is 42.1. The van der Waals surface area contributed by atoms with E-state index in [4.69, 9.17) is 11.6 Å². The molecule has 2 aromatic rings. The van der Waals surface area contributed by atoms with Crippen molar-refractivity contribution in [2.75, 3.05) is 7.05 Å². The van der Waals surface area contributed by atoms with Gasteiger partial charge in [0.15, 0.2) is 0 Å². The van der Waals surface area contributed by atoms with Crippen LogP contribution >= 0.6 is 11.6 Å². The first-order chi connectivity index (χ1) is 13.2. The number of halogens is 4. The number of hydrogen-bond acceptors (Lipinski definition) is 3. The Morgan fingerprint density at radius 1 is 1.25 bits per heavy atom. The summed E-state index contributed by atoms with van der Waals surface area (Å²) >= 11 is 5.95. The number of alkyl halides is 3. The van der Waals surface area contributed by atoms with Crippen molar-refractivity contribution in [2.24, 2.45) is 5.10 Å². The van der Waals surface area contributed by atoms with Crippen molar-refractivity contribution >= 4 is 23.3 Å². The molecule has 0 unspecified atom stereocenters. The number of nitrogens with zero attached hydrogens (tertiary/aromatic N) is 2. The number of amides is 2. The number of nitrogens with one attached hydrogen (secondary N) is 1. The molecule has 148 valence electrons. The Balaban J connectivity index is 2.17. The highest BCUT2D eigenvalue weighted by Gasteiger charge is 2.32. The van der Waals surface area contributed by atoms with E-state index in [0.717, 1.165) is 5.56 Å². The number of benzene rings is 2. The molecule has 1 aliphatic rings. The standard InChI is InChI=1S/C19H17ClF3N3O2/c1-11-9-13-5-8-15(28-19(21,22)23)10-16(13)17(25-26(11)18(27)24-2)12-3-6-14(20)7-4-12/h3-8,10-11H,9H2,1-2H3,(H,24,27)/t11-/m0/s1. The summed E-state index contributed by atoms with van der Waals surface area (Å²) in [6, 6.07) is 10.1. The number of ether oxygens (including phenoxy) is 1. The summed E-state index contributed by atoms with van der Waals surface area (Å²) in [7, 11) is 1.49. The van der Waals surface area contributed by atoms with Crippen molar-refractivity contribution in [3.05, 3.63) is 64.2 Å². The second-order valence-electron chi connectivity index (χ2n) is 6.28. The lowest BCUT2D eigenvalue weighted by atomic mass is 9.94. The minimum Gasteiger partial charge on any atom is -0.406 e. The van der Waals surface area contributed by atoms with Crippen LogP contribution in [-0.4, -0.2) is 36.2 Å². The number of carbonyl (C=O) groups excluding carboxylic acids is 1. The Kier molecular flexibility index (Phi) is 5.51. The van der Waals surface area contributed by atoms with E-state index in [0.29, 0.717) is 28.3 Å². The lowest BCUT2D eigenvalue weighted by molar-refractivity contribution is -0.274. The quantitative estimate of drug-likeness (QED) is 0.786. The van der Waals surface area contributed by atoms with Gasteiger partial charge in [0.25, 0.3) is 0 Å². The zero-order valence-electron chi connectivity index (χ0n) is 15.0. The second-order valence-corrected chi connectivity index (χ2v) is 6.71. The molecule has 0 spiro atoms. The van der Waals surface area contributed by atoms with Crippen LogP contribution in [0.15, 0.2) is 47.6 Å². The molecule has 1 N–H and O–H groups in total. The second kappa shape index (κ2) is 7.71. The normalized spacial score (nSPS) is 16.7. The van der Waals surface area contributed by atoms with Gasteiger partial charge in [0, 0.05) is 23.2 Å². The summed E-state index contributed by atoms with van der Waals surface area (Å²) in [4.78, 5) is 12.3. The molecule has 0 saturated carbocycles. The highest BCUT2D eigenvalue weighted by atomic mass is 35.5. The van der Waals surface area contributed by atoms with Crippen molar-refractivity contribution in [3.63, 3.8) is 0 Å². The Hall–Kier alpha value is -2.74. The molecule has 1 aliphatic heterocycles. The molecule has 0 aliphatic carbocycles. The molecule has 9 heteroatoms. The molecule has 2 aromatic carbocycles. The molecule has 0 aromatic heterocycles. The summed E-state index contributed by atoms with van der Waals surface area (Å²) in [5.41, 5.74) is 2.18. The third kappa shape index (κ3) is 4.39. The van der Waals surface area contributed by atoms with Crippen LogP contribution in [0.4, 0.5) is 18.0 Å². The molecule has 0 saturated heterocycles. The van der Waals surface area contributed by atoms with Gasteiger partial charge in [0.2, 0.25) is 0 Å². The van der Waals surface area contributed by atoms with Crippen LogP contribution in [0.3, 0.4) is 0 Å². The maximum absolute atomic E-state index is 12.7. The van der Waals surface area contributed by atoms with Crippen LogP contribution in [0, 0.1) is 0 Å². The molecule has 5 nitrogen and oxygen atoms in total. The van der Waals surface area contributed by atoms with E-state index in [9.17, 15) is 18.0 Å². The summed E-state index contributed by atoms with van der Waals surface area (Å²) in [6.45, 7) is 1.81. The third-order valence-corrected chi connectivity index (χ3v) is 4.50. The zero-order chi connectivity index (χ0) is 20.5. The number of urea groups is 1. The van der Waals surface area contributed by atoms with Gasteiger partial charge in [0.05, 0.1) is 11.8 Å². The Labute approximate surface area is 164 Å². The van der Waals surface area contributed by atoms with Gasteiger partial charge in [-0.05, 0) is 43.2 Å². The maximum Gasteiger partial charge on any atom is 0.573 e. The monoisotopic (exact) mass is 411 g/mol. The van der Waals surface area contributed by atoms with Crippen molar-refractivity contribution < 1.29 is 22.7 Å². The predicted octanol–water partition coefficient (Wildman–Crippen LogP) is 4.58. The number of hydrazone groups is 1. The van der Waals surface area contributed by atoms with Crippen molar-refractivity contribution in [2.45, 2.75) is 25.7 Å². The number of hydrogen-bond donors (Lipinski definition) is 1. The van der Waals surface area contributed by atoms with E-state index in [1.54, 1.807) is 30.3 Å². The van der Waals surface area contributed by atoms with Gasteiger partial charge >= 0.3 is 12.4 Å². The third-order valence-electron chi connectivity index (χ3n) is 4.25. The summed E-state index contributed by atoms with van der Waals surface area (Å²) in [6.07, 6.45) is -4.40. The Morgan fingerprint density at radius 2 is 1.93 bits per heavy atom. The molecule has 2 amide bonds. The SMILES string of the molecule is CNC(=O)N1N=C(c2ccc(Cl)cc2)c2cc(OC(F)(F)F)ccc2C[C@@H]1C. The van der Waals surface area contributed by atoms with Gasteiger partial charge in [-0.3, -0.25) is 0 Å². The van der Waals surface area contributed by atoms with Crippen LogP contribution in [0.5, 0.6) is 5.75 Å². The summed E-state index contributed by atoms with van der Waals surface area (Å²) in [5, 5.41) is 8.78. The molecule has 28 heavy (non-hydrogen) atoms. The smallest absolute Gasteiger partial charge is 0.406 e. The van der Waals surface area contributed by atoms with Gasteiger partial charge < -0.3 is 10.1 Å². The zero-order valence-corrected chi connectivity index (χ0v) is 15.8. The van der Waals surface area contributed by atoms with E-state index in [1.807, 2.05) is 6.92 Å². The lowest BCUT2D eigenvalue weighted by Gasteiger charge is -2.22. The first-order valence-electron chi connectivity index (χ1n) is 8.42. The van der Waals surface area contributed by atoms with Gasteiger partial charge in [-0.1, -0.05) is 29.8 Å². The van der Waals surface area contributed by atoms with Crippen molar-refractivity contribution in [1.29, 1.82) is 0 Å². The van der Waals surface area contributed by atoms with Gasteiger partial charge in [-0.15, -0.1) is 13.2 Å². The van der Waals surface area contributed by atoms with Crippen LogP contribution in [0.25, 0.3) is 0 Å². The highest BCUT2D eigenvalue weighted by molar-refractivity contribution is 6.30. The molecule has 1 atom stereocenters. The highest BCUT2D eigenvalue weighted by Crippen LogP contribution is 2.30. The topological polar surface area (TPSA) is 53.9 Å². The van der Waals surface area contributed by atoms with Crippen molar-refractivity contribution in [3.8, 4) is 5.75 Å².